The molecule has 0 aromatic carbocycles. The number of alkyl halides is 3. The van der Waals surface area contributed by atoms with Gasteiger partial charge in [-0.3, -0.25) is 4.90 Å². The van der Waals surface area contributed by atoms with Crippen LogP contribution in [0, 0.1) is 5.92 Å². The van der Waals surface area contributed by atoms with Gasteiger partial charge in [-0.15, -0.1) is 0 Å². The smallest absolute Gasteiger partial charge is 0.391 e. The Hall–Kier alpha value is -1.02. The number of hydrogen-bond donors (Lipinski definition) is 2. The van der Waals surface area contributed by atoms with Gasteiger partial charge in [0.15, 0.2) is 0 Å². The van der Waals surface area contributed by atoms with Gasteiger partial charge in [0.1, 0.15) is 0 Å². The van der Waals surface area contributed by atoms with E-state index in [0.717, 1.165) is 25.7 Å². The lowest BCUT2D eigenvalue weighted by Gasteiger charge is -2.38. The number of amides is 2. The van der Waals surface area contributed by atoms with E-state index in [1.807, 2.05) is 4.90 Å². The van der Waals surface area contributed by atoms with Crippen molar-refractivity contribution in [2.45, 2.75) is 62.8 Å². The molecule has 2 N–H and O–H groups in total. The maximum Gasteiger partial charge on any atom is 0.401 e. The van der Waals surface area contributed by atoms with Crippen molar-refractivity contribution in [2.75, 3.05) is 32.7 Å². The molecule has 3 aliphatic rings. The summed E-state index contributed by atoms with van der Waals surface area (Å²) in [6.07, 6.45) is 1.18. The molecule has 0 aromatic rings. The maximum atomic E-state index is 12.6. The highest BCUT2D eigenvalue weighted by atomic mass is 19.4. The second-order valence-electron chi connectivity index (χ2n) is 7.79. The van der Waals surface area contributed by atoms with Gasteiger partial charge in [0, 0.05) is 13.1 Å². The molecule has 1 atom stereocenters. The van der Waals surface area contributed by atoms with Gasteiger partial charge in [-0.25, -0.2) is 4.79 Å². The highest BCUT2D eigenvalue weighted by Gasteiger charge is 2.51. The SMILES string of the molecule is O=C(NCC1CCN(CC(F)(F)F)CC1)N1CCC(O)C12CCCC2. The van der Waals surface area contributed by atoms with Gasteiger partial charge in [0.25, 0.3) is 0 Å². The monoisotopic (exact) mass is 363 g/mol. The van der Waals surface area contributed by atoms with Crippen LogP contribution in [0.3, 0.4) is 0 Å². The predicted molar refractivity (Wildman–Crippen MR) is 87.1 cm³/mol. The van der Waals surface area contributed by atoms with Crippen LogP contribution in [0.25, 0.3) is 0 Å². The summed E-state index contributed by atoms with van der Waals surface area (Å²) in [6, 6.07) is -0.129. The van der Waals surface area contributed by atoms with Crippen LogP contribution in [-0.2, 0) is 0 Å². The highest BCUT2D eigenvalue weighted by molar-refractivity contribution is 5.75. The Bertz CT molecular complexity index is 472. The van der Waals surface area contributed by atoms with Crippen LogP contribution >= 0.6 is 0 Å². The first-order chi connectivity index (χ1) is 11.8. The minimum Gasteiger partial charge on any atom is -0.391 e. The summed E-state index contributed by atoms with van der Waals surface area (Å²) in [5, 5.41) is 13.3. The highest BCUT2D eigenvalue weighted by Crippen LogP contribution is 2.43. The van der Waals surface area contributed by atoms with Gasteiger partial charge >= 0.3 is 12.2 Å². The minimum atomic E-state index is -4.15. The molecule has 1 spiro atoms. The fourth-order valence-electron chi connectivity index (χ4n) is 4.75. The van der Waals surface area contributed by atoms with Crippen molar-refractivity contribution >= 4 is 6.03 Å². The van der Waals surface area contributed by atoms with Crippen molar-refractivity contribution in [1.82, 2.24) is 15.1 Å². The number of likely N-dealkylation sites (tertiary alicyclic amines) is 2. The molecule has 5 nitrogen and oxygen atoms in total. The van der Waals surface area contributed by atoms with Crippen LogP contribution in [0.4, 0.5) is 18.0 Å². The molecule has 2 amide bonds. The first-order valence-corrected chi connectivity index (χ1v) is 9.33. The van der Waals surface area contributed by atoms with E-state index in [1.54, 1.807) is 0 Å². The minimum absolute atomic E-state index is 0.129. The molecular weight excluding hydrogens is 335 g/mol. The van der Waals surface area contributed by atoms with Crippen LogP contribution in [0.1, 0.15) is 44.9 Å². The summed E-state index contributed by atoms with van der Waals surface area (Å²) < 4.78 is 37.2. The Morgan fingerprint density at radius 1 is 1.12 bits per heavy atom. The maximum absolute atomic E-state index is 12.6. The average Bonchev–Trinajstić information content (AvgIpc) is 3.15. The number of hydrogen-bond acceptors (Lipinski definition) is 3. The van der Waals surface area contributed by atoms with Gasteiger partial charge in [-0.2, -0.15) is 13.2 Å². The number of urea groups is 1. The Balaban J connectivity index is 1.44. The Morgan fingerprint density at radius 2 is 1.76 bits per heavy atom. The number of carbonyl (C=O) groups is 1. The fraction of sp³-hybridized carbons (Fsp3) is 0.941. The van der Waals surface area contributed by atoms with E-state index < -0.39 is 18.8 Å². The van der Waals surface area contributed by atoms with E-state index in [9.17, 15) is 23.1 Å². The van der Waals surface area contributed by atoms with Gasteiger partial charge in [0.05, 0.1) is 18.2 Å². The van der Waals surface area contributed by atoms with Crippen LogP contribution < -0.4 is 5.32 Å². The number of carbonyl (C=O) groups excluding carboxylic acids is 1. The van der Waals surface area contributed by atoms with E-state index in [1.165, 1.54) is 4.90 Å². The number of rotatable bonds is 3. The van der Waals surface area contributed by atoms with E-state index in [4.69, 9.17) is 0 Å². The first-order valence-electron chi connectivity index (χ1n) is 9.33. The summed E-state index contributed by atoms with van der Waals surface area (Å²) >= 11 is 0. The molecule has 2 saturated heterocycles. The molecule has 25 heavy (non-hydrogen) atoms. The third-order valence-electron chi connectivity index (χ3n) is 6.15. The van der Waals surface area contributed by atoms with Crippen LogP contribution in [0.15, 0.2) is 0 Å². The summed E-state index contributed by atoms with van der Waals surface area (Å²) in [4.78, 5) is 15.8. The first kappa shape index (κ1) is 18.8. The van der Waals surface area contributed by atoms with E-state index in [-0.39, 0.29) is 17.5 Å². The zero-order valence-corrected chi connectivity index (χ0v) is 14.5. The van der Waals surface area contributed by atoms with Crippen molar-refractivity contribution in [3.05, 3.63) is 0 Å². The molecular formula is C17H28F3N3O2. The quantitative estimate of drug-likeness (QED) is 0.809. The molecule has 3 fully saturated rings. The molecule has 1 saturated carbocycles. The molecule has 0 aromatic heterocycles. The number of nitrogens with one attached hydrogen (secondary N) is 1. The Morgan fingerprint density at radius 3 is 2.36 bits per heavy atom. The van der Waals surface area contributed by atoms with Crippen molar-refractivity contribution in [1.29, 1.82) is 0 Å². The van der Waals surface area contributed by atoms with Crippen LogP contribution in [0.5, 0.6) is 0 Å². The van der Waals surface area contributed by atoms with Gasteiger partial charge in [-0.1, -0.05) is 12.8 Å². The molecule has 3 rings (SSSR count). The molecule has 0 bridgehead atoms. The second kappa shape index (κ2) is 7.31. The molecule has 144 valence electrons. The summed E-state index contributed by atoms with van der Waals surface area (Å²) in [5.74, 6) is 0.223. The van der Waals surface area contributed by atoms with Crippen molar-refractivity contribution in [3.8, 4) is 0 Å². The number of piperidine rings is 1. The number of aliphatic hydroxyl groups is 1. The summed E-state index contributed by atoms with van der Waals surface area (Å²) in [5.41, 5.74) is -0.389. The topological polar surface area (TPSA) is 55.8 Å². The Labute approximate surface area is 146 Å². The molecule has 1 unspecified atom stereocenters. The molecule has 0 radical (unpaired) electrons. The predicted octanol–water partition coefficient (Wildman–Crippen LogP) is 2.35. The van der Waals surface area contributed by atoms with E-state index >= 15 is 0 Å². The standard InChI is InChI=1S/C17H28F3N3O2/c18-17(19,20)12-22-8-3-13(4-9-22)11-21-15(25)23-10-5-14(24)16(23)6-1-2-7-16/h13-14,24H,1-12H2,(H,21,25). The zero-order chi connectivity index (χ0) is 18.1. The number of nitrogens with zero attached hydrogens (tertiary/aromatic N) is 2. The van der Waals surface area contributed by atoms with Gasteiger partial charge in [0.2, 0.25) is 0 Å². The lowest BCUT2D eigenvalue weighted by molar-refractivity contribution is -0.148. The average molecular weight is 363 g/mol. The summed E-state index contributed by atoms with van der Waals surface area (Å²) in [6.45, 7) is 1.08. The molecule has 2 heterocycles. The van der Waals surface area contributed by atoms with Gasteiger partial charge < -0.3 is 15.3 Å². The van der Waals surface area contributed by atoms with Crippen LogP contribution in [-0.4, -0.2) is 71.5 Å². The van der Waals surface area contributed by atoms with E-state index in [0.29, 0.717) is 45.4 Å². The third kappa shape index (κ3) is 4.22. The second-order valence-corrected chi connectivity index (χ2v) is 7.79. The largest absolute Gasteiger partial charge is 0.401 e. The van der Waals surface area contributed by atoms with Crippen LogP contribution in [0.2, 0.25) is 0 Å². The zero-order valence-electron chi connectivity index (χ0n) is 14.5. The van der Waals surface area contributed by atoms with E-state index in [2.05, 4.69) is 5.32 Å². The van der Waals surface area contributed by atoms with Crippen molar-refractivity contribution in [3.63, 3.8) is 0 Å². The molecule has 8 heteroatoms. The summed E-state index contributed by atoms with van der Waals surface area (Å²) in [7, 11) is 0. The third-order valence-corrected chi connectivity index (χ3v) is 6.15. The lowest BCUT2D eigenvalue weighted by Crippen LogP contribution is -2.54. The number of halogens is 3. The van der Waals surface area contributed by atoms with Crippen molar-refractivity contribution < 1.29 is 23.1 Å². The van der Waals surface area contributed by atoms with Crippen molar-refractivity contribution in [2.24, 2.45) is 5.92 Å². The Kier molecular flexibility index (Phi) is 5.48. The lowest BCUT2D eigenvalue weighted by atomic mass is 9.91. The molecule has 1 aliphatic carbocycles. The molecule has 2 aliphatic heterocycles. The van der Waals surface area contributed by atoms with Gasteiger partial charge in [-0.05, 0) is 51.1 Å². The fourth-order valence-corrected chi connectivity index (χ4v) is 4.75. The normalized spacial score (nSPS) is 28.0. The number of aliphatic hydroxyl groups excluding tert-OH is 1.